The first-order chi connectivity index (χ1) is 8.56. The molecule has 0 aromatic heterocycles. The number of Topliss-reactive ketones (excluding diaryl/α,β-unsaturated/α-hetero) is 1. The molecule has 0 bridgehead atoms. The van der Waals surface area contributed by atoms with Gasteiger partial charge in [-0.25, -0.2) is 0 Å². The number of ketones is 1. The third-order valence-electron chi connectivity index (χ3n) is 3.96. The lowest BCUT2D eigenvalue weighted by molar-refractivity contribution is -0.120. The number of benzene rings is 1. The minimum Gasteiger partial charge on any atom is -0.374 e. The molecular formula is C16H23NO. The van der Waals surface area contributed by atoms with Crippen LogP contribution in [0.15, 0.2) is 18.2 Å². The van der Waals surface area contributed by atoms with Gasteiger partial charge >= 0.3 is 0 Å². The second-order valence-corrected chi connectivity index (χ2v) is 5.65. The average Bonchev–Trinajstić information content (AvgIpc) is 2.32. The van der Waals surface area contributed by atoms with Crippen molar-refractivity contribution in [2.24, 2.45) is 5.92 Å². The lowest BCUT2D eigenvalue weighted by atomic mass is 9.88. The molecule has 0 unspecified atom stereocenters. The van der Waals surface area contributed by atoms with Gasteiger partial charge in [-0.1, -0.05) is 17.7 Å². The summed E-state index contributed by atoms with van der Waals surface area (Å²) in [6.45, 7) is 5.37. The topological polar surface area (TPSA) is 20.3 Å². The molecule has 2 heteroatoms. The van der Waals surface area contributed by atoms with Gasteiger partial charge in [0.1, 0.15) is 5.78 Å². The van der Waals surface area contributed by atoms with Gasteiger partial charge in [0.05, 0.1) is 0 Å². The van der Waals surface area contributed by atoms with E-state index in [1.807, 2.05) is 0 Å². The molecule has 98 valence electrons. The summed E-state index contributed by atoms with van der Waals surface area (Å²) < 4.78 is 0. The van der Waals surface area contributed by atoms with Crippen LogP contribution in [0.3, 0.4) is 0 Å². The molecule has 0 spiro atoms. The van der Waals surface area contributed by atoms with E-state index in [0.29, 0.717) is 11.7 Å². The Kier molecular flexibility index (Phi) is 4.05. The monoisotopic (exact) mass is 245 g/mol. The van der Waals surface area contributed by atoms with Crippen LogP contribution < -0.4 is 4.90 Å². The Morgan fingerprint density at radius 2 is 1.89 bits per heavy atom. The third-order valence-corrected chi connectivity index (χ3v) is 3.96. The van der Waals surface area contributed by atoms with Crippen molar-refractivity contribution in [2.75, 3.05) is 18.5 Å². The fourth-order valence-corrected chi connectivity index (χ4v) is 2.90. The zero-order valence-electron chi connectivity index (χ0n) is 11.7. The van der Waals surface area contributed by atoms with E-state index in [9.17, 15) is 4.79 Å². The summed E-state index contributed by atoms with van der Waals surface area (Å²) in [6.07, 6.45) is 3.69. The first kappa shape index (κ1) is 13.1. The Balaban J connectivity index is 1.98. The largest absolute Gasteiger partial charge is 0.374 e. The van der Waals surface area contributed by atoms with E-state index in [0.717, 1.165) is 32.2 Å². The maximum atomic E-state index is 11.2. The van der Waals surface area contributed by atoms with Crippen LogP contribution in [-0.2, 0) is 4.79 Å². The number of rotatable bonds is 3. The molecule has 2 nitrogen and oxygen atoms in total. The van der Waals surface area contributed by atoms with Crippen molar-refractivity contribution in [3.8, 4) is 0 Å². The van der Waals surface area contributed by atoms with Crippen LogP contribution in [0, 0.1) is 19.8 Å². The van der Waals surface area contributed by atoms with Crippen LogP contribution in [0.4, 0.5) is 5.69 Å². The van der Waals surface area contributed by atoms with Crippen LogP contribution in [0.5, 0.6) is 0 Å². The number of hydrogen-bond donors (Lipinski definition) is 0. The van der Waals surface area contributed by atoms with Gasteiger partial charge in [-0.15, -0.1) is 0 Å². The Labute approximate surface area is 110 Å². The van der Waals surface area contributed by atoms with Crippen molar-refractivity contribution in [1.82, 2.24) is 0 Å². The number of anilines is 1. The van der Waals surface area contributed by atoms with Crippen LogP contribution in [0.1, 0.15) is 36.8 Å². The number of hydrogen-bond acceptors (Lipinski definition) is 2. The lowest BCUT2D eigenvalue weighted by Gasteiger charge is -2.29. The van der Waals surface area contributed by atoms with Crippen LogP contribution in [0.2, 0.25) is 0 Å². The van der Waals surface area contributed by atoms with E-state index >= 15 is 0 Å². The Hall–Kier alpha value is -1.31. The Morgan fingerprint density at radius 1 is 1.22 bits per heavy atom. The maximum Gasteiger partial charge on any atom is 0.132 e. The smallest absolute Gasteiger partial charge is 0.132 e. The molecule has 1 saturated carbocycles. The summed E-state index contributed by atoms with van der Waals surface area (Å²) in [5.74, 6) is 1.12. The number of carbonyl (C=O) groups excluding carboxylic acids is 1. The first-order valence-corrected chi connectivity index (χ1v) is 6.86. The minimum absolute atomic E-state index is 0.445. The van der Waals surface area contributed by atoms with Gasteiger partial charge in [0.25, 0.3) is 0 Å². The molecule has 18 heavy (non-hydrogen) atoms. The van der Waals surface area contributed by atoms with Crippen molar-refractivity contribution >= 4 is 11.5 Å². The molecule has 0 atom stereocenters. The molecule has 1 aliphatic carbocycles. The van der Waals surface area contributed by atoms with Crippen molar-refractivity contribution in [1.29, 1.82) is 0 Å². The van der Waals surface area contributed by atoms with Gasteiger partial charge in [-0.05, 0) is 44.2 Å². The second kappa shape index (κ2) is 5.55. The summed E-state index contributed by atoms with van der Waals surface area (Å²) in [4.78, 5) is 13.6. The maximum absolute atomic E-state index is 11.2. The van der Waals surface area contributed by atoms with Crippen LogP contribution in [0.25, 0.3) is 0 Å². The quantitative estimate of drug-likeness (QED) is 0.812. The fraction of sp³-hybridized carbons (Fsp3) is 0.562. The molecule has 0 heterocycles. The van der Waals surface area contributed by atoms with E-state index in [4.69, 9.17) is 0 Å². The van der Waals surface area contributed by atoms with E-state index < -0.39 is 0 Å². The molecule has 0 radical (unpaired) electrons. The predicted molar refractivity (Wildman–Crippen MR) is 76.2 cm³/mol. The van der Waals surface area contributed by atoms with Crippen LogP contribution in [-0.4, -0.2) is 19.4 Å². The van der Waals surface area contributed by atoms with Gasteiger partial charge in [0, 0.05) is 32.1 Å². The highest BCUT2D eigenvalue weighted by Gasteiger charge is 2.20. The summed E-state index contributed by atoms with van der Waals surface area (Å²) in [7, 11) is 2.16. The number of carbonyl (C=O) groups is 1. The SMILES string of the molecule is Cc1ccc(N(C)CC2CCC(=O)CC2)c(C)c1. The summed E-state index contributed by atoms with van der Waals surface area (Å²) in [6, 6.07) is 6.61. The summed E-state index contributed by atoms with van der Waals surface area (Å²) >= 11 is 0. The highest BCUT2D eigenvalue weighted by molar-refractivity contribution is 5.79. The highest BCUT2D eigenvalue weighted by Crippen LogP contribution is 2.26. The third kappa shape index (κ3) is 3.12. The molecule has 0 amide bonds. The van der Waals surface area contributed by atoms with Crippen molar-refractivity contribution in [3.63, 3.8) is 0 Å². The van der Waals surface area contributed by atoms with Gasteiger partial charge in [-0.3, -0.25) is 4.79 Å². The summed E-state index contributed by atoms with van der Waals surface area (Å²) in [5, 5.41) is 0. The summed E-state index contributed by atoms with van der Waals surface area (Å²) in [5.41, 5.74) is 3.97. The Bertz CT molecular complexity index is 429. The molecule has 2 rings (SSSR count). The average molecular weight is 245 g/mol. The van der Waals surface area contributed by atoms with Crippen LogP contribution >= 0.6 is 0 Å². The molecule has 1 fully saturated rings. The predicted octanol–water partition coefficient (Wildman–Crippen LogP) is 3.50. The van der Waals surface area contributed by atoms with Gasteiger partial charge in [0.2, 0.25) is 0 Å². The molecule has 1 aliphatic rings. The van der Waals surface area contributed by atoms with E-state index in [-0.39, 0.29) is 0 Å². The number of aryl methyl sites for hydroxylation is 2. The van der Waals surface area contributed by atoms with E-state index in [2.05, 4.69) is 44.0 Å². The fourth-order valence-electron chi connectivity index (χ4n) is 2.90. The number of nitrogens with zero attached hydrogens (tertiary/aromatic N) is 1. The molecule has 1 aromatic rings. The standard InChI is InChI=1S/C16H23NO/c1-12-4-9-16(13(2)10-12)17(3)11-14-5-7-15(18)8-6-14/h4,9-10,14H,5-8,11H2,1-3H3. The first-order valence-electron chi connectivity index (χ1n) is 6.86. The zero-order chi connectivity index (χ0) is 13.1. The highest BCUT2D eigenvalue weighted by atomic mass is 16.1. The van der Waals surface area contributed by atoms with E-state index in [1.54, 1.807) is 0 Å². The minimum atomic E-state index is 0.445. The van der Waals surface area contributed by atoms with Crippen molar-refractivity contribution < 1.29 is 4.79 Å². The Morgan fingerprint density at radius 3 is 2.50 bits per heavy atom. The van der Waals surface area contributed by atoms with E-state index in [1.165, 1.54) is 16.8 Å². The van der Waals surface area contributed by atoms with Gasteiger partial charge in [-0.2, -0.15) is 0 Å². The molecule has 0 aliphatic heterocycles. The lowest BCUT2D eigenvalue weighted by Crippen LogP contribution is -2.28. The van der Waals surface area contributed by atoms with Gasteiger partial charge < -0.3 is 4.90 Å². The van der Waals surface area contributed by atoms with Gasteiger partial charge in [0.15, 0.2) is 0 Å². The molecule has 0 saturated heterocycles. The normalized spacial score (nSPS) is 16.9. The molecule has 1 aromatic carbocycles. The molecule has 0 N–H and O–H groups in total. The second-order valence-electron chi connectivity index (χ2n) is 5.65. The van der Waals surface area contributed by atoms with Crippen molar-refractivity contribution in [3.05, 3.63) is 29.3 Å². The zero-order valence-corrected chi connectivity index (χ0v) is 11.7. The van der Waals surface area contributed by atoms with Crippen molar-refractivity contribution in [2.45, 2.75) is 39.5 Å². The molecular weight excluding hydrogens is 222 g/mol.